The molecule has 0 unspecified atom stereocenters. The number of benzene rings is 1. The summed E-state index contributed by atoms with van der Waals surface area (Å²) in [7, 11) is 0. The summed E-state index contributed by atoms with van der Waals surface area (Å²) in [6, 6.07) is 8.27. The second kappa shape index (κ2) is 4.26. The van der Waals surface area contributed by atoms with Gasteiger partial charge < -0.3 is 4.74 Å². The van der Waals surface area contributed by atoms with Crippen LogP contribution in [-0.2, 0) is 11.3 Å². The van der Waals surface area contributed by atoms with E-state index in [4.69, 9.17) is 4.74 Å². The lowest BCUT2D eigenvalue weighted by atomic mass is 10.0. The van der Waals surface area contributed by atoms with E-state index in [0.717, 1.165) is 44.0 Å². The molecule has 2 heterocycles. The third-order valence-electron chi connectivity index (χ3n) is 3.25. The minimum atomic E-state index is 0.725. The zero-order chi connectivity index (χ0) is 10.8. The van der Waals surface area contributed by atoms with Crippen molar-refractivity contribution in [1.29, 1.82) is 0 Å². The van der Waals surface area contributed by atoms with E-state index in [1.54, 1.807) is 0 Å². The summed E-state index contributed by atoms with van der Waals surface area (Å²) in [5.74, 6) is 0.725. The summed E-state index contributed by atoms with van der Waals surface area (Å²) < 4.78 is 7.45. The predicted octanol–water partition coefficient (Wildman–Crippen LogP) is 2.46. The Morgan fingerprint density at radius 1 is 1.25 bits per heavy atom. The molecule has 1 aromatic heterocycles. The van der Waals surface area contributed by atoms with Crippen molar-refractivity contribution >= 4 is 10.9 Å². The summed E-state index contributed by atoms with van der Waals surface area (Å²) in [5, 5.41) is 5.81. The van der Waals surface area contributed by atoms with Gasteiger partial charge >= 0.3 is 0 Å². The van der Waals surface area contributed by atoms with Gasteiger partial charge in [0, 0.05) is 31.3 Å². The molecule has 1 aliphatic rings. The van der Waals surface area contributed by atoms with Gasteiger partial charge in [0.25, 0.3) is 0 Å². The summed E-state index contributed by atoms with van der Waals surface area (Å²) in [6.45, 7) is 2.84. The summed E-state index contributed by atoms with van der Waals surface area (Å²) in [6.07, 6.45) is 4.47. The number of hydrogen-bond donors (Lipinski definition) is 0. The molecule has 0 bridgehead atoms. The Bertz CT molecular complexity index is 438. The fraction of sp³-hybridized carbons (Fsp3) is 0.462. The molecule has 3 nitrogen and oxygen atoms in total. The van der Waals surface area contributed by atoms with Crippen molar-refractivity contribution in [1.82, 2.24) is 9.78 Å². The second-order valence-corrected chi connectivity index (χ2v) is 4.47. The Hall–Kier alpha value is -1.35. The van der Waals surface area contributed by atoms with Crippen molar-refractivity contribution in [2.45, 2.75) is 19.4 Å². The topological polar surface area (TPSA) is 27.1 Å². The van der Waals surface area contributed by atoms with Crippen LogP contribution in [0.5, 0.6) is 0 Å². The molecule has 1 saturated heterocycles. The number of fused-ring (bicyclic) bond motifs is 1. The van der Waals surface area contributed by atoms with Crippen LogP contribution in [0.15, 0.2) is 30.5 Å². The lowest BCUT2D eigenvalue weighted by molar-refractivity contribution is 0.0602. The van der Waals surface area contributed by atoms with Gasteiger partial charge in [0.2, 0.25) is 0 Å². The zero-order valence-corrected chi connectivity index (χ0v) is 9.30. The maximum atomic E-state index is 5.37. The first-order valence-electron chi connectivity index (χ1n) is 5.92. The zero-order valence-electron chi connectivity index (χ0n) is 9.30. The van der Waals surface area contributed by atoms with Crippen LogP contribution in [0.25, 0.3) is 10.9 Å². The molecule has 0 radical (unpaired) electrons. The van der Waals surface area contributed by atoms with Crippen LogP contribution >= 0.6 is 0 Å². The number of rotatable bonds is 2. The van der Waals surface area contributed by atoms with Crippen LogP contribution < -0.4 is 0 Å². The molecule has 0 amide bonds. The predicted molar refractivity (Wildman–Crippen MR) is 63.3 cm³/mol. The molecule has 3 heteroatoms. The Balaban J connectivity index is 1.78. The third kappa shape index (κ3) is 1.95. The van der Waals surface area contributed by atoms with Gasteiger partial charge in [-0.3, -0.25) is 4.68 Å². The quantitative estimate of drug-likeness (QED) is 0.771. The van der Waals surface area contributed by atoms with E-state index in [1.807, 2.05) is 6.07 Å². The van der Waals surface area contributed by atoms with Gasteiger partial charge in [-0.2, -0.15) is 5.10 Å². The molecule has 1 fully saturated rings. The third-order valence-corrected chi connectivity index (χ3v) is 3.25. The number of hydrogen-bond acceptors (Lipinski definition) is 2. The average Bonchev–Trinajstić information content (AvgIpc) is 2.72. The van der Waals surface area contributed by atoms with Gasteiger partial charge in [0.1, 0.15) is 0 Å². The first-order valence-corrected chi connectivity index (χ1v) is 5.92. The van der Waals surface area contributed by atoms with Gasteiger partial charge in [0.15, 0.2) is 0 Å². The van der Waals surface area contributed by atoms with Crippen LogP contribution in [0.3, 0.4) is 0 Å². The monoisotopic (exact) mass is 216 g/mol. The molecule has 0 N–H and O–H groups in total. The second-order valence-electron chi connectivity index (χ2n) is 4.47. The number of nitrogens with zero attached hydrogens (tertiary/aromatic N) is 2. The highest BCUT2D eigenvalue weighted by Gasteiger charge is 2.14. The first-order chi connectivity index (χ1) is 7.92. The Morgan fingerprint density at radius 3 is 2.88 bits per heavy atom. The molecule has 1 aliphatic heterocycles. The van der Waals surface area contributed by atoms with Crippen LogP contribution in [0.1, 0.15) is 12.8 Å². The van der Waals surface area contributed by atoms with Crippen molar-refractivity contribution < 1.29 is 4.74 Å². The summed E-state index contributed by atoms with van der Waals surface area (Å²) in [4.78, 5) is 0. The summed E-state index contributed by atoms with van der Waals surface area (Å²) >= 11 is 0. The van der Waals surface area contributed by atoms with Crippen molar-refractivity contribution in [2.75, 3.05) is 13.2 Å². The highest BCUT2D eigenvalue weighted by atomic mass is 16.5. The lowest BCUT2D eigenvalue weighted by Gasteiger charge is -2.21. The fourth-order valence-electron chi connectivity index (χ4n) is 2.30. The maximum absolute atomic E-state index is 5.37. The van der Waals surface area contributed by atoms with Crippen molar-refractivity contribution in [3.63, 3.8) is 0 Å². The molecule has 84 valence electrons. The molecule has 0 atom stereocenters. The minimum absolute atomic E-state index is 0.725. The molecule has 3 rings (SSSR count). The van der Waals surface area contributed by atoms with Gasteiger partial charge in [-0.25, -0.2) is 0 Å². The average molecular weight is 216 g/mol. The molecule has 1 aromatic carbocycles. The highest BCUT2D eigenvalue weighted by Crippen LogP contribution is 2.18. The Labute approximate surface area is 95.0 Å². The van der Waals surface area contributed by atoms with Gasteiger partial charge in [0.05, 0.1) is 5.52 Å². The fourth-order valence-corrected chi connectivity index (χ4v) is 2.30. The molecule has 0 saturated carbocycles. The molecule has 0 spiro atoms. The van der Waals surface area contributed by atoms with Gasteiger partial charge in [-0.05, 0) is 24.8 Å². The van der Waals surface area contributed by atoms with Crippen LogP contribution in [-0.4, -0.2) is 23.0 Å². The first kappa shape index (κ1) is 9.85. The molecular weight excluding hydrogens is 200 g/mol. The number of aromatic nitrogens is 2. The normalized spacial score (nSPS) is 18.0. The van der Waals surface area contributed by atoms with Gasteiger partial charge in [-0.1, -0.05) is 18.2 Å². The van der Waals surface area contributed by atoms with Gasteiger partial charge in [-0.15, -0.1) is 0 Å². The van der Waals surface area contributed by atoms with E-state index in [0.29, 0.717) is 0 Å². The van der Waals surface area contributed by atoms with E-state index in [1.165, 1.54) is 5.39 Å². The Morgan fingerprint density at radius 2 is 2.06 bits per heavy atom. The van der Waals surface area contributed by atoms with E-state index in [2.05, 4.69) is 34.2 Å². The molecule has 16 heavy (non-hydrogen) atoms. The van der Waals surface area contributed by atoms with E-state index < -0.39 is 0 Å². The van der Waals surface area contributed by atoms with E-state index in [-0.39, 0.29) is 0 Å². The van der Waals surface area contributed by atoms with Crippen LogP contribution in [0.4, 0.5) is 0 Å². The van der Waals surface area contributed by atoms with Crippen LogP contribution in [0.2, 0.25) is 0 Å². The van der Waals surface area contributed by atoms with Crippen molar-refractivity contribution in [2.24, 2.45) is 5.92 Å². The minimum Gasteiger partial charge on any atom is -0.381 e. The molecule has 2 aromatic rings. The van der Waals surface area contributed by atoms with E-state index in [9.17, 15) is 0 Å². The van der Waals surface area contributed by atoms with Crippen LogP contribution in [0, 0.1) is 5.92 Å². The van der Waals surface area contributed by atoms with Crippen molar-refractivity contribution in [3.05, 3.63) is 30.5 Å². The molecular formula is C13H16N2O. The molecule has 0 aliphatic carbocycles. The van der Waals surface area contributed by atoms with E-state index >= 15 is 0 Å². The highest BCUT2D eigenvalue weighted by molar-refractivity contribution is 5.77. The Kier molecular flexibility index (Phi) is 2.62. The standard InChI is InChI=1S/C13H16N2O/c1-2-4-13-12(3-1)10-15(14-13)9-11-5-7-16-8-6-11/h1-4,10-11H,5-9H2. The SMILES string of the molecule is c1ccc2nn(CC3CCOCC3)cc2c1. The summed E-state index contributed by atoms with van der Waals surface area (Å²) in [5.41, 5.74) is 1.09. The lowest BCUT2D eigenvalue weighted by Crippen LogP contribution is -2.20. The number of ether oxygens (including phenoxy) is 1. The maximum Gasteiger partial charge on any atom is 0.0923 e. The van der Waals surface area contributed by atoms with Crippen molar-refractivity contribution in [3.8, 4) is 0 Å². The largest absolute Gasteiger partial charge is 0.381 e. The smallest absolute Gasteiger partial charge is 0.0923 e.